The molecule has 12 heteroatoms. The van der Waals surface area contributed by atoms with Crippen molar-refractivity contribution < 1.29 is 18.6 Å². The molecular formula is C30H36Cl2N4O4S2. The van der Waals surface area contributed by atoms with Gasteiger partial charge in [-0.2, -0.15) is 0 Å². The van der Waals surface area contributed by atoms with Crippen LogP contribution in [-0.2, 0) is 22.2 Å². The summed E-state index contributed by atoms with van der Waals surface area (Å²) in [4.78, 5) is 39.2. The summed E-state index contributed by atoms with van der Waals surface area (Å²) >= 11 is 12.5. The maximum absolute atomic E-state index is 13.1. The van der Waals surface area contributed by atoms with Crippen molar-refractivity contribution in [1.82, 2.24) is 4.72 Å². The van der Waals surface area contributed by atoms with Gasteiger partial charge in [-0.25, -0.2) is 13.9 Å². The van der Waals surface area contributed by atoms with Crippen LogP contribution in [0.5, 0.6) is 0 Å². The Labute approximate surface area is 264 Å². The third kappa shape index (κ3) is 9.69. The molecule has 1 aromatic heterocycles. The summed E-state index contributed by atoms with van der Waals surface area (Å²) in [7, 11) is -1.75. The maximum Gasteiger partial charge on any atom is 0.331 e. The van der Waals surface area contributed by atoms with E-state index in [1.807, 2.05) is 45.9 Å². The Morgan fingerprint density at radius 1 is 1.10 bits per heavy atom. The summed E-state index contributed by atoms with van der Waals surface area (Å²) in [5.41, 5.74) is 3.66. The number of aryl methyl sites for hydroxylation is 1. The van der Waals surface area contributed by atoms with Crippen LogP contribution >= 0.6 is 34.5 Å². The zero-order chi connectivity index (χ0) is 31.4. The van der Waals surface area contributed by atoms with Crippen LogP contribution in [0.2, 0.25) is 4.34 Å². The third-order valence-corrected chi connectivity index (χ3v) is 8.82. The summed E-state index contributed by atoms with van der Waals surface area (Å²) in [5, 5.41) is 6.70. The molecule has 1 unspecified atom stereocenters. The van der Waals surface area contributed by atoms with Gasteiger partial charge in [0.25, 0.3) is 5.91 Å². The lowest BCUT2D eigenvalue weighted by Gasteiger charge is -2.27. The predicted octanol–water partition coefficient (Wildman–Crippen LogP) is 8.28. The van der Waals surface area contributed by atoms with Gasteiger partial charge in [0.1, 0.15) is 4.21 Å². The molecule has 3 N–H and O–H groups in total. The summed E-state index contributed by atoms with van der Waals surface area (Å²) < 4.78 is 15.6. The van der Waals surface area contributed by atoms with Crippen molar-refractivity contribution in [3.05, 3.63) is 80.7 Å². The van der Waals surface area contributed by atoms with Crippen LogP contribution in [0.3, 0.4) is 0 Å². The van der Waals surface area contributed by atoms with Gasteiger partial charge in [0.2, 0.25) is 5.91 Å². The highest BCUT2D eigenvalue weighted by Crippen LogP contribution is 2.30. The number of amides is 4. The molecule has 4 rings (SSSR count). The Balaban J connectivity index is 0.000000797. The van der Waals surface area contributed by atoms with Crippen molar-refractivity contribution in [3.63, 3.8) is 0 Å². The van der Waals surface area contributed by atoms with Crippen molar-refractivity contribution in [3.8, 4) is 0 Å². The fourth-order valence-electron chi connectivity index (χ4n) is 3.57. The summed E-state index contributed by atoms with van der Waals surface area (Å²) in [6, 6.07) is 12.7. The molecule has 1 atom stereocenters. The zero-order valence-electron chi connectivity index (χ0n) is 24.5. The predicted molar refractivity (Wildman–Crippen MR) is 176 cm³/mol. The molecule has 226 valence electrons. The molecule has 0 bridgehead atoms. The molecule has 0 aliphatic carbocycles. The lowest BCUT2D eigenvalue weighted by Crippen LogP contribution is -2.42. The number of hydrogen-bond acceptors (Lipinski definition) is 6. The number of nitrogens with zero attached hydrogens (tertiary/aromatic N) is 1. The molecular weight excluding hydrogens is 615 g/mol. The Bertz CT molecular complexity index is 1430. The van der Waals surface area contributed by atoms with Gasteiger partial charge in [-0.1, -0.05) is 50.0 Å². The van der Waals surface area contributed by atoms with Gasteiger partial charge in [0.15, 0.2) is 11.0 Å². The Morgan fingerprint density at radius 2 is 1.71 bits per heavy atom. The minimum absolute atomic E-state index is 0.114. The Hall–Kier alpha value is -3.18. The third-order valence-electron chi connectivity index (χ3n) is 5.69. The highest BCUT2D eigenvalue weighted by molar-refractivity contribution is 7.86. The first-order chi connectivity index (χ1) is 20.0. The molecule has 0 fully saturated rings. The van der Waals surface area contributed by atoms with Crippen molar-refractivity contribution in [2.45, 2.75) is 58.6 Å². The molecule has 0 saturated carbocycles. The molecule has 3 aromatic rings. The van der Waals surface area contributed by atoms with Crippen molar-refractivity contribution in [1.29, 1.82) is 0 Å². The van der Waals surface area contributed by atoms with E-state index < -0.39 is 22.9 Å². The monoisotopic (exact) mass is 650 g/mol. The van der Waals surface area contributed by atoms with E-state index in [1.165, 1.54) is 0 Å². The molecule has 1 aliphatic rings. The normalized spacial score (nSPS) is 13.1. The number of urea groups is 1. The maximum atomic E-state index is 13.1. The Morgan fingerprint density at radius 3 is 2.26 bits per heavy atom. The number of allylic oxidation sites excluding steroid dienone is 2. The van der Waals surface area contributed by atoms with Crippen LogP contribution in [-0.4, -0.2) is 28.6 Å². The molecule has 4 amide bonds. The number of carbonyl (C=O) groups is 3. The number of carbonyl (C=O) groups excluding carboxylic acids is 3. The quantitative estimate of drug-likeness (QED) is 0.223. The van der Waals surface area contributed by atoms with Gasteiger partial charge >= 0.3 is 6.03 Å². The largest absolute Gasteiger partial charge is 0.385 e. The van der Waals surface area contributed by atoms with E-state index in [9.17, 15) is 18.6 Å². The molecule has 2 aromatic carbocycles. The first-order valence-corrected chi connectivity index (χ1v) is 16.1. The van der Waals surface area contributed by atoms with E-state index in [1.54, 1.807) is 43.3 Å². The number of imide groups is 1. The summed E-state index contributed by atoms with van der Waals surface area (Å²) in [6.45, 7) is 12.4. The molecule has 1 aliphatic heterocycles. The zero-order valence-corrected chi connectivity index (χ0v) is 27.6. The smallest absolute Gasteiger partial charge is 0.331 e. The first kappa shape index (κ1) is 35.0. The van der Waals surface area contributed by atoms with Crippen molar-refractivity contribution in [2.75, 3.05) is 22.1 Å². The van der Waals surface area contributed by atoms with Gasteiger partial charge in [-0.05, 0) is 86.8 Å². The van der Waals surface area contributed by atoms with Gasteiger partial charge in [-0.3, -0.25) is 14.3 Å². The van der Waals surface area contributed by atoms with Crippen LogP contribution in [0.25, 0.3) is 0 Å². The van der Waals surface area contributed by atoms with E-state index in [-0.39, 0.29) is 12.3 Å². The highest BCUT2D eigenvalue weighted by Gasteiger charge is 2.32. The van der Waals surface area contributed by atoms with Crippen LogP contribution in [0.1, 0.15) is 62.5 Å². The second-order valence-electron chi connectivity index (χ2n) is 8.78. The van der Waals surface area contributed by atoms with E-state index in [4.69, 9.17) is 23.2 Å². The average Bonchev–Trinajstić information content (AvgIpc) is 3.31. The number of thiophene rings is 1. The topological polar surface area (TPSA) is 108 Å². The number of rotatable bonds is 7. The summed E-state index contributed by atoms with van der Waals surface area (Å²) in [6.07, 6.45) is 2.93. The number of hydrogen-bond donors (Lipinski definition) is 3. The standard InChI is InChI=1S/C24H23ClN4O4S2.C4H7Cl.C2H6/c1-3-10-26-17-6-9-19-15(12-17)13-20(30)29(23(19)31)18-7-4-16(5-8-18)27-24(32)28-35(33)21-11-14(2)22(25)34-21;1-3-4(2)5;1-2/h4-9,11-12,26H,3,10,13H2,1-2H3,(H2,27,28,32);3H,1-2H3;1-2H3/b;4-3-;. The van der Waals surface area contributed by atoms with Gasteiger partial charge < -0.3 is 10.6 Å². The fourth-order valence-corrected chi connectivity index (χ4v) is 5.93. The average molecular weight is 652 g/mol. The molecule has 0 spiro atoms. The molecule has 0 radical (unpaired) electrons. The van der Waals surface area contributed by atoms with Crippen molar-refractivity contribution >= 4 is 80.4 Å². The Kier molecular flexibility index (Phi) is 14.2. The lowest BCUT2D eigenvalue weighted by atomic mass is 9.97. The fraction of sp³-hybridized carbons (Fsp3) is 0.300. The highest BCUT2D eigenvalue weighted by atomic mass is 35.5. The van der Waals surface area contributed by atoms with E-state index in [2.05, 4.69) is 22.3 Å². The SMILES string of the molecule is C/C=C(/C)Cl.CC.CCCNc1ccc2c(c1)CC(=O)N(c1ccc(NC(=O)NS(=O)c3cc(C)c(Cl)s3)cc1)C2=O. The second kappa shape index (κ2) is 17.1. The number of nitrogens with one attached hydrogen (secondary N) is 3. The second-order valence-corrected chi connectivity index (χ2v) is 12.5. The van der Waals surface area contributed by atoms with Crippen LogP contribution in [0.4, 0.5) is 21.9 Å². The number of halogens is 2. The molecule has 2 heterocycles. The van der Waals surface area contributed by atoms with Gasteiger partial charge in [0, 0.05) is 28.5 Å². The molecule has 42 heavy (non-hydrogen) atoms. The van der Waals surface area contributed by atoms with Gasteiger partial charge in [0.05, 0.1) is 16.4 Å². The van der Waals surface area contributed by atoms with Crippen molar-refractivity contribution in [2.24, 2.45) is 0 Å². The van der Waals surface area contributed by atoms with E-state index in [0.717, 1.165) is 45.5 Å². The number of benzene rings is 2. The van der Waals surface area contributed by atoms with E-state index >= 15 is 0 Å². The summed E-state index contributed by atoms with van der Waals surface area (Å²) in [5.74, 6) is -0.717. The number of anilines is 3. The minimum Gasteiger partial charge on any atom is -0.385 e. The number of fused-ring (bicyclic) bond motifs is 1. The minimum atomic E-state index is -1.75. The van der Waals surface area contributed by atoms with Gasteiger partial charge in [-0.15, -0.1) is 11.3 Å². The van der Waals surface area contributed by atoms with E-state index in [0.29, 0.717) is 31.0 Å². The lowest BCUT2D eigenvalue weighted by molar-refractivity contribution is -0.117. The van der Waals surface area contributed by atoms with Crippen LogP contribution in [0, 0.1) is 6.92 Å². The van der Waals surface area contributed by atoms with Crippen LogP contribution in [0.15, 0.2) is 63.8 Å². The first-order valence-electron chi connectivity index (χ1n) is 13.4. The van der Waals surface area contributed by atoms with Crippen LogP contribution < -0.4 is 20.3 Å². The molecule has 0 saturated heterocycles. The molecule has 8 nitrogen and oxygen atoms in total.